The summed E-state index contributed by atoms with van der Waals surface area (Å²) in [5.74, 6) is 0.241. The summed E-state index contributed by atoms with van der Waals surface area (Å²) in [6, 6.07) is 6.09. The molecule has 162 valence electrons. The number of halogens is 1. The number of nitrogens with one attached hydrogen (secondary N) is 2. The van der Waals surface area contributed by atoms with Gasteiger partial charge in [0, 0.05) is 37.9 Å². The summed E-state index contributed by atoms with van der Waals surface area (Å²) in [6.45, 7) is 10.1. The molecular weight excluding hydrogens is 371 g/mol. The number of carbonyl (C=O) groups excluding carboxylic acids is 2. The lowest BCUT2D eigenvalue weighted by atomic mass is 10.0. The first-order valence-electron chi connectivity index (χ1n) is 10.6. The van der Waals surface area contributed by atoms with Gasteiger partial charge >= 0.3 is 0 Å². The molecule has 29 heavy (non-hydrogen) atoms. The van der Waals surface area contributed by atoms with Crippen molar-refractivity contribution < 1.29 is 14.0 Å². The van der Waals surface area contributed by atoms with Gasteiger partial charge in [0.05, 0.1) is 13.1 Å². The molecule has 7 heteroatoms. The number of nitrogens with zero attached hydrogens (tertiary/aromatic N) is 2. The largest absolute Gasteiger partial charge is 0.353 e. The number of carbonyl (C=O) groups is 2. The Balaban J connectivity index is 1.63. The molecule has 1 fully saturated rings. The van der Waals surface area contributed by atoms with Gasteiger partial charge < -0.3 is 10.6 Å². The van der Waals surface area contributed by atoms with Crippen LogP contribution in [0.1, 0.15) is 40.0 Å². The van der Waals surface area contributed by atoms with E-state index in [2.05, 4.69) is 41.2 Å². The first-order chi connectivity index (χ1) is 13.8. The fourth-order valence-corrected chi connectivity index (χ4v) is 3.50. The molecule has 0 radical (unpaired) electrons. The zero-order valence-electron chi connectivity index (χ0n) is 17.9. The van der Waals surface area contributed by atoms with Crippen LogP contribution in [0.25, 0.3) is 0 Å². The Hall–Kier alpha value is -1.99. The van der Waals surface area contributed by atoms with E-state index in [-0.39, 0.29) is 30.2 Å². The van der Waals surface area contributed by atoms with Crippen molar-refractivity contribution in [1.29, 1.82) is 0 Å². The monoisotopic (exact) mass is 406 g/mol. The van der Waals surface area contributed by atoms with E-state index >= 15 is 0 Å². The second-order valence-corrected chi connectivity index (χ2v) is 8.40. The molecule has 1 heterocycles. The minimum Gasteiger partial charge on any atom is -0.353 e. The zero-order chi connectivity index (χ0) is 21.2. The van der Waals surface area contributed by atoms with Gasteiger partial charge in [-0.05, 0) is 37.5 Å². The van der Waals surface area contributed by atoms with Crippen molar-refractivity contribution in [3.05, 3.63) is 30.1 Å². The number of rotatable bonds is 10. The van der Waals surface area contributed by atoms with Crippen LogP contribution in [0.5, 0.6) is 0 Å². The average Bonchev–Trinajstić information content (AvgIpc) is 2.63. The second-order valence-electron chi connectivity index (χ2n) is 8.40. The quantitative estimate of drug-likeness (QED) is 0.627. The number of piperazine rings is 1. The van der Waals surface area contributed by atoms with Gasteiger partial charge in [0.25, 0.3) is 0 Å². The van der Waals surface area contributed by atoms with E-state index in [1.54, 1.807) is 12.1 Å². The SMILES string of the molecule is CC(C)CCC[C@@H](C)NC(=O)CN1CCN(CC(=O)Nc2cccc(F)c2)CC1. The fraction of sp³-hybridized carbons (Fsp3) is 0.636. The van der Waals surface area contributed by atoms with Crippen LogP contribution >= 0.6 is 0 Å². The van der Waals surface area contributed by atoms with Crippen molar-refractivity contribution in [2.75, 3.05) is 44.6 Å². The molecule has 0 aromatic heterocycles. The Morgan fingerprint density at radius 3 is 2.21 bits per heavy atom. The molecule has 6 nitrogen and oxygen atoms in total. The van der Waals surface area contributed by atoms with Crippen molar-refractivity contribution in [3.8, 4) is 0 Å². The van der Waals surface area contributed by atoms with Gasteiger partial charge in [0.15, 0.2) is 0 Å². The summed E-state index contributed by atoms with van der Waals surface area (Å²) in [6.07, 6.45) is 3.34. The summed E-state index contributed by atoms with van der Waals surface area (Å²) >= 11 is 0. The van der Waals surface area contributed by atoms with Gasteiger partial charge in [-0.25, -0.2) is 4.39 Å². The lowest BCUT2D eigenvalue weighted by Crippen LogP contribution is -2.51. The Bertz CT molecular complexity index is 660. The highest BCUT2D eigenvalue weighted by Crippen LogP contribution is 2.10. The van der Waals surface area contributed by atoms with Gasteiger partial charge in [-0.3, -0.25) is 19.4 Å². The third-order valence-corrected chi connectivity index (χ3v) is 5.13. The molecule has 0 bridgehead atoms. The third kappa shape index (κ3) is 9.37. The van der Waals surface area contributed by atoms with E-state index in [9.17, 15) is 14.0 Å². The van der Waals surface area contributed by atoms with Gasteiger partial charge in [0.1, 0.15) is 5.82 Å². The van der Waals surface area contributed by atoms with Crippen LogP contribution in [0.2, 0.25) is 0 Å². The standard InChI is InChI=1S/C22H35FN4O2/c1-17(2)6-4-7-18(3)24-21(28)15-26-10-12-27(13-11-26)16-22(29)25-20-9-5-8-19(23)14-20/h5,8-9,14,17-18H,4,6-7,10-13,15-16H2,1-3H3,(H,24,28)(H,25,29)/t18-/m1/s1. The normalized spacial score (nSPS) is 16.6. The highest BCUT2D eigenvalue weighted by Gasteiger charge is 2.21. The minimum atomic E-state index is -0.371. The van der Waals surface area contributed by atoms with Crippen molar-refractivity contribution in [2.24, 2.45) is 5.92 Å². The van der Waals surface area contributed by atoms with Crippen molar-refractivity contribution in [1.82, 2.24) is 15.1 Å². The smallest absolute Gasteiger partial charge is 0.238 e. The topological polar surface area (TPSA) is 64.7 Å². The Labute approximate surface area is 173 Å². The second kappa shape index (κ2) is 11.9. The van der Waals surface area contributed by atoms with Crippen molar-refractivity contribution in [2.45, 2.75) is 46.1 Å². The lowest BCUT2D eigenvalue weighted by molar-refractivity contribution is -0.124. The van der Waals surface area contributed by atoms with E-state index in [1.165, 1.54) is 18.6 Å². The van der Waals surface area contributed by atoms with Crippen LogP contribution in [0.4, 0.5) is 10.1 Å². The Morgan fingerprint density at radius 1 is 1.00 bits per heavy atom. The zero-order valence-corrected chi connectivity index (χ0v) is 17.9. The molecule has 0 saturated carbocycles. The first-order valence-corrected chi connectivity index (χ1v) is 10.6. The van der Waals surface area contributed by atoms with E-state index in [1.807, 2.05) is 0 Å². The summed E-state index contributed by atoms with van der Waals surface area (Å²) < 4.78 is 13.2. The highest BCUT2D eigenvalue weighted by molar-refractivity contribution is 5.92. The number of hydrogen-bond donors (Lipinski definition) is 2. The Kier molecular flexibility index (Phi) is 9.54. The van der Waals surface area contributed by atoms with Crippen LogP contribution in [-0.4, -0.2) is 66.9 Å². The summed E-state index contributed by atoms with van der Waals surface area (Å²) in [7, 11) is 0. The molecule has 1 atom stereocenters. The summed E-state index contributed by atoms with van der Waals surface area (Å²) in [4.78, 5) is 28.6. The molecule has 0 aliphatic carbocycles. The van der Waals surface area contributed by atoms with E-state index < -0.39 is 0 Å². The molecule has 1 aliphatic heterocycles. The maximum atomic E-state index is 13.2. The van der Waals surface area contributed by atoms with E-state index in [0.717, 1.165) is 39.0 Å². The molecule has 1 aromatic rings. The number of amides is 2. The first kappa shape index (κ1) is 23.3. The molecule has 0 unspecified atom stereocenters. The van der Waals surface area contributed by atoms with Gasteiger partial charge in [-0.1, -0.05) is 32.8 Å². The predicted octanol–water partition coefficient (Wildman–Crippen LogP) is 2.71. The van der Waals surface area contributed by atoms with Crippen molar-refractivity contribution >= 4 is 17.5 Å². The molecule has 0 spiro atoms. The number of benzene rings is 1. The van der Waals surface area contributed by atoms with Crippen LogP contribution in [0.15, 0.2) is 24.3 Å². The third-order valence-electron chi connectivity index (χ3n) is 5.13. The predicted molar refractivity (Wildman–Crippen MR) is 114 cm³/mol. The number of anilines is 1. The average molecular weight is 407 g/mol. The summed E-state index contributed by atoms with van der Waals surface area (Å²) in [5, 5.41) is 5.81. The molecule has 1 aromatic carbocycles. The molecular formula is C22H35FN4O2. The number of hydrogen-bond acceptors (Lipinski definition) is 4. The van der Waals surface area contributed by atoms with Gasteiger partial charge in [-0.15, -0.1) is 0 Å². The molecule has 2 N–H and O–H groups in total. The molecule has 1 aliphatic rings. The maximum absolute atomic E-state index is 13.2. The van der Waals surface area contributed by atoms with Gasteiger partial charge in [0.2, 0.25) is 11.8 Å². The minimum absolute atomic E-state index is 0.0688. The molecule has 2 amide bonds. The van der Waals surface area contributed by atoms with Crippen LogP contribution in [0, 0.1) is 11.7 Å². The van der Waals surface area contributed by atoms with Crippen LogP contribution in [0.3, 0.4) is 0 Å². The van der Waals surface area contributed by atoms with E-state index in [0.29, 0.717) is 18.2 Å². The van der Waals surface area contributed by atoms with Crippen molar-refractivity contribution in [3.63, 3.8) is 0 Å². The molecule has 2 rings (SSSR count). The fourth-order valence-electron chi connectivity index (χ4n) is 3.50. The maximum Gasteiger partial charge on any atom is 0.238 e. The molecule has 1 saturated heterocycles. The van der Waals surface area contributed by atoms with Crippen LogP contribution in [-0.2, 0) is 9.59 Å². The highest BCUT2D eigenvalue weighted by atomic mass is 19.1. The van der Waals surface area contributed by atoms with Crippen LogP contribution < -0.4 is 10.6 Å². The van der Waals surface area contributed by atoms with Gasteiger partial charge in [-0.2, -0.15) is 0 Å². The van der Waals surface area contributed by atoms with E-state index in [4.69, 9.17) is 0 Å². The lowest BCUT2D eigenvalue weighted by Gasteiger charge is -2.34. The Morgan fingerprint density at radius 2 is 1.62 bits per heavy atom. The summed E-state index contributed by atoms with van der Waals surface area (Å²) in [5.41, 5.74) is 0.466.